The standard InChI is InChI=1S/C21H28N4O2S/c1-15(2)20(27)23-17-8-11-25(12-9-17)14-18(26)24-19(21-22-10-13-28-21)16-6-4-3-5-7-16/h3-7,10,13,15,17,19H,8-9,11-12,14H2,1-2H3,(H,23,27)(H,24,26). The van der Waals surface area contributed by atoms with E-state index in [1.54, 1.807) is 17.5 Å². The van der Waals surface area contributed by atoms with Crippen LogP contribution in [0.5, 0.6) is 0 Å². The molecule has 1 aromatic carbocycles. The summed E-state index contributed by atoms with van der Waals surface area (Å²) in [6.07, 6.45) is 3.51. The first-order valence-electron chi connectivity index (χ1n) is 9.79. The van der Waals surface area contributed by atoms with Crippen LogP contribution in [0.1, 0.15) is 43.3 Å². The molecule has 2 heterocycles. The van der Waals surface area contributed by atoms with E-state index in [4.69, 9.17) is 0 Å². The number of carbonyl (C=O) groups excluding carboxylic acids is 2. The van der Waals surface area contributed by atoms with Crippen LogP contribution in [0.4, 0.5) is 0 Å². The summed E-state index contributed by atoms with van der Waals surface area (Å²) < 4.78 is 0. The highest BCUT2D eigenvalue weighted by molar-refractivity contribution is 7.09. The van der Waals surface area contributed by atoms with Crippen molar-refractivity contribution in [2.45, 2.75) is 38.8 Å². The number of hydrogen-bond donors (Lipinski definition) is 2. The lowest BCUT2D eigenvalue weighted by Gasteiger charge is -2.32. The molecule has 1 aliphatic rings. The first-order chi connectivity index (χ1) is 13.5. The van der Waals surface area contributed by atoms with Crippen molar-refractivity contribution in [3.8, 4) is 0 Å². The number of piperidine rings is 1. The van der Waals surface area contributed by atoms with Gasteiger partial charge in [-0.3, -0.25) is 14.5 Å². The number of nitrogens with zero attached hydrogens (tertiary/aromatic N) is 2. The molecule has 2 aromatic rings. The van der Waals surface area contributed by atoms with Gasteiger partial charge < -0.3 is 10.6 Å². The number of hydrogen-bond acceptors (Lipinski definition) is 5. The number of aromatic nitrogens is 1. The van der Waals surface area contributed by atoms with E-state index in [1.807, 2.05) is 49.6 Å². The van der Waals surface area contributed by atoms with Crippen LogP contribution in [0.2, 0.25) is 0 Å². The fourth-order valence-corrected chi connectivity index (χ4v) is 4.04. The number of nitrogens with one attached hydrogen (secondary N) is 2. The van der Waals surface area contributed by atoms with Crippen LogP contribution in [0, 0.1) is 5.92 Å². The van der Waals surface area contributed by atoms with Crippen molar-refractivity contribution in [3.05, 3.63) is 52.5 Å². The maximum atomic E-state index is 12.7. The first-order valence-corrected chi connectivity index (χ1v) is 10.7. The number of carbonyl (C=O) groups is 2. The predicted molar refractivity (Wildman–Crippen MR) is 111 cm³/mol. The predicted octanol–water partition coefficient (Wildman–Crippen LogP) is 2.59. The summed E-state index contributed by atoms with van der Waals surface area (Å²) >= 11 is 1.54. The van der Waals surface area contributed by atoms with Crippen LogP contribution in [-0.2, 0) is 9.59 Å². The molecule has 1 saturated heterocycles. The van der Waals surface area contributed by atoms with Gasteiger partial charge in [-0.05, 0) is 18.4 Å². The van der Waals surface area contributed by atoms with Crippen LogP contribution < -0.4 is 10.6 Å². The van der Waals surface area contributed by atoms with Gasteiger partial charge in [0.2, 0.25) is 11.8 Å². The molecular formula is C21H28N4O2S. The summed E-state index contributed by atoms with van der Waals surface area (Å²) in [5, 5.41) is 9.04. The molecule has 1 unspecified atom stereocenters. The van der Waals surface area contributed by atoms with Crippen molar-refractivity contribution in [2.75, 3.05) is 19.6 Å². The van der Waals surface area contributed by atoms with Gasteiger partial charge in [-0.25, -0.2) is 4.98 Å². The molecule has 2 N–H and O–H groups in total. The van der Waals surface area contributed by atoms with E-state index in [0.717, 1.165) is 36.5 Å². The first kappa shape index (κ1) is 20.5. The molecule has 1 atom stereocenters. The van der Waals surface area contributed by atoms with E-state index in [-0.39, 0.29) is 29.8 Å². The molecule has 1 aliphatic heterocycles. The van der Waals surface area contributed by atoms with Gasteiger partial charge in [0.15, 0.2) is 0 Å². The van der Waals surface area contributed by atoms with Gasteiger partial charge in [-0.2, -0.15) is 0 Å². The van der Waals surface area contributed by atoms with Gasteiger partial charge in [-0.1, -0.05) is 44.2 Å². The molecule has 0 spiro atoms. The second-order valence-electron chi connectivity index (χ2n) is 7.50. The molecular weight excluding hydrogens is 372 g/mol. The molecule has 7 heteroatoms. The minimum Gasteiger partial charge on any atom is -0.353 e. The largest absolute Gasteiger partial charge is 0.353 e. The normalized spacial score (nSPS) is 16.7. The summed E-state index contributed by atoms with van der Waals surface area (Å²) in [5.74, 6) is 0.101. The average Bonchev–Trinajstić information content (AvgIpc) is 3.22. The summed E-state index contributed by atoms with van der Waals surface area (Å²) in [5.41, 5.74) is 1.03. The molecule has 1 aromatic heterocycles. The van der Waals surface area contributed by atoms with Crippen LogP contribution in [0.3, 0.4) is 0 Å². The lowest BCUT2D eigenvalue weighted by Crippen LogP contribution is -2.48. The van der Waals surface area contributed by atoms with E-state index in [9.17, 15) is 9.59 Å². The summed E-state index contributed by atoms with van der Waals surface area (Å²) in [7, 11) is 0. The zero-order valence-corrected chi connectivity index (χ0v) is 17.2. The van der Waals surface area contributed by atoms with E-state index in [0.29, 0.717) is 6.54 Å². The molecule has 0 radical (unpaired) electrons. The summed E-state index contributed by atoms with van der Waals surface area (Å²) in [6.45, 7) is 5.79. The maximum absolute atomic E-state index is 12.7. The molecule has 0 bridgehead atoms. The Bertz CT molecular complexity index is 756. The lowest BCUT2D eigenvalue weighted by molar-refractivity contribution is -0.126. The Balaban J connectivity index is 1.53. The molecule has 0 saturated carbocycles. The number of likely N-dealkylation sites (tertiary alicyclic amines) is 1. The Kier molecular flexibility index (Phi) is 7.17. The van der Waals surface area contributed by atoms with Gasteiger partial charge in [0.05, 0.1) is 6.54 Å². The van der Waals surface area contributed by atoms with Crippen molar-refractivity contribution < 1.29 is 9.59 Å². The minimum atomic E-state index is -0.225. The van der Waals surface area contributed by atoms with Crippen molar-refractivity contribution in [2.24, 2.45) is 5.92 Å². The highest BCUT2D eigenvalue weighted by Crippen LogP contribution is 2.23. The molecule has 2 amide bonds. The maximum Gasteiger partial charge on any atom is 0.235 e. The van der Waals surface area contributed by atoms with Crippen molar-refractivity contribution in [3.63, 3.8) is 0 Å². The Labute approximate surface area is 170 Å². The van der Waals surface area contributed by atoms with E-state index < -0.39 is 0 Å². The Morgan fingerprint density at radius 2 is 1.93 bits per heavy atom. The lowest BCUT2D eigenvalue weighted by atomic mass is 10.0. The second-order valence-corrected chi connectivity index (χ2v) is 8.42. The fraction of sp³-hybridized carbons (Fsp3) is 0.476. The molecule has 28 heavy (non-hydrogen) atoms. The Morgan fingerprint density at radius 3 is 2.54 bits per heavy atom. The molecule has 6 nitrogen and oxygen atoms in total. The molecule has 150 valence electrons. The molecule has 1 fully saturated rings. The summed E-state index contributed by atoms with van der Waals surface area (Å²) in [6, 6.07) is 9.91. The van der Waals surface area contributed by atoms with E-state index in [1.165, 1.54) is 0 Å². The zero-order valence-electron chi connectivity index (χ0n) is 16.4. The quantitative estimate of drug-likeness (QED) is 0.749. The highest BCUT2D eigenvalue weighted by atomic mass is 32.1. The number of rotatable bonds is 7. The minimum absolute atomic E-state index is 0.00425. The SMILES string of the molecule is CC(C)C(=O)NC1CCN(CC(=O)NC(c2ccccc2)c2nccs2)CC1. The van der Waals surface area contributed by atoms with Gasteiger partial charge in [0, 0.05) is 36.6 Å². The van der Waals surface area contributed by atoms with Crippen molar-refractivity contribution >= 4 is 23.2 Å². The summed E-state index contributed by atoms with van der Waals surface area (Å²) in [4.78, 5) is 31.1. The van der Waals surface area contributed by atoms with Crippen LogP contribution in [-0.4, -0.2) is 47.4 Å². The second kappa shape index (κ2) is 9.80. The topological polar surface area (TPSA) is 74.3 Å². The average molecular weight is 401 g/mol. The zero-order chi connectivity index (χ0) is 19.9. The van der Waals surface area contributed by atoms with Crippen molar-refractivity contribution in [1.29, 1.82) is 0 Å². The smallest absolute Gasteiger partial charge is 0.235 e. The number of benzene rings is 1. The van der Waals surface area contributed by atoms with Crippen LogP contribution in [0.25, 0.3) is 0 Å². The number of thiazole rings is 1. The Hall–Kier alpha value is -2.25. The van der Waals surface area contributed by atoms with Crippen LogP contribution in [0.15, 0.2) is 41.9 Å². The molecule has 0 aliphatic carbocycles. The third-order valence-electron chi connectivity index (χ3n) is 4.96. The Morgan fingerprint density at radius 1 is 1.21 bits per heavy atom. The third-order valence-corrected chi connectivity index (χ3v) is 5.80. The monoisotopic (exact) mass is 400 g/mol. The van der Waals surface area contributed by atoms with E-state index in [2.05, 4.69) is 20.5 Å². The van der Waals surface area contributed by atoms with Gasteiger partial charge in [0.25, 0.3) is 0 Å². The van der Waals surface area contributed by atoms with Gasteiger partial charge in [0.1, 0.15) is 11.0 Å². The molecule has 3 rings (SSSR count). The van der Waals surface area contributed by atoms with Gasteiger partial charge in [-0.15, -0.1) is 11.3 Å². The van der Waals surface area contributed by atoms with Gasteiger partial charge >= 0.3 is 0 Å². The van der Waals surface area contributed by atoms with Crippen molar-refractivity contribution in [1.82, 2.24) is 20.5 Å². The van der Waals surface area contributed by atoms with Crippen LogP contribution >= 0.6 is 11.3 Å². The van der Waals surface area contributed by atoms with E-state index >= 15 is 0 Å². The fourth-order valence-electron chi connectivity index (χ4n) is 3.32. The third kappa shape index (κ3) is 5.62. The number of amides is 2. The highest BCUT2D eigenvalue weighted by Gasteiger charge is 2.24.